The highest BCUT2D eigenvalue weighted by Crippen LogP contribution is 2.15. The molecule has 0 amide bonds. The van der Waals surface area contributed by atoms with Gasteiger partial charge in [0, 0.05) is 12.7 Å². The molecule has 0 bridgehead atoms. The largest absolute Gasteiger partial charge is 0.288 e. The zero-order valence-electron chi connectivity index (χ0n) is 8.45. The van der Waals surface area contributed by atoms with E-state index in [1.165, 1.54) is 22.9 Å². The monoisotopic (exact) mass is 226 g/mol. The quantitative estimate of drug-likeness (QED) is 0.727. The van der Waals surface area contributed by atoms with Gasteiger partial charge in [-0.15, -0.1) is 0 Å². The van der Waals surface area contributed by atoms with Gasteiger partial charge in [0.25, 0.3) is 0 Å². The molecule has 0 radical (unpaired) electrons. The van der Waals surface area contributed by atoms with E-state index in [0.29, 0.717) is 0 Å². The Balaban J connectivity index is 2.28. The van der Waals surface area contributed by atoms with Crippen LogP contribution in [0.4, 0.5) is 0 Å². The summed E-state index contributed by atoms with van der Waals surface area (Å²) in [7, 11) is 0. The van der Waals surface area contributed by atoms with Crippen molar-refractivity contribution in [1.82, 2.24) is 0 Å². The standard InChI is InChI=1S/C11H14OS2/c1-9-7-13-8-11(9)5-3-4-6-14-10(2)12/h3,5,7-8H,4,6H2,1-2H3. The van der Waals surface area contributed by atoms with E-state index in [0.717, 1.165) is 12.2 Å². The molecule has 0 N–H and O–H groups in total. The predicted octanol–water partition coefficient (Wildman–Crippen LogP) is 3.74. The van der Waals surface area contributed by atoms with Crippen molar-refractivity contribution >= 4 is 34.3 Å². The molecule has 1 heterocycles. The molecule has 0 aliphatic rings. The van der Waals surface area contributed by atoms with Gasteiger partial charge in [-0.2, -0.15) is 11.3 Å². The number of thiophene rings is 1. The van der Waals surface area contributed by atoms with Gasteiger partial charge in [-0.05, 0) is 35.2 Å². The molecule has 76 valence electrons. The molecule has 0 saturated carbocycles. The summed E-state index contributed by atoms with van der Waals surface area (Å²) in [6, 6.07) is 0. The van der Waals surface area contributed by atoms with Crippen molar-refractivity contribution in [2.75, 3.05) is 5.75 Å². The maximum Gasteiger partial charge on any atom is 0.185 e. The van der Waals surface area contributed by atoms with Crippen molar-refractivity contribution in [3.05, 3.63) is 28.0 Å². The van der Waals surface area contributed by atoms with E-state index in [1.54, 1.807) is 18.3 Å². The number of carbonyl (C=O) groups excluding carboxylic acids is 1. The first-order chi connectivity index (χ1) is 6.70. The molecule has 1 rings (SSSR count). The third-order valence-corrected chi connectivity index (χ3v) is 3.51. The Kier molecular flexibility index (Phi) is 4.98. The lowest BCUT2D eigenvalue weighted by Gasteiger charge is -1.92. The molecular weight excluding hydrogens is 212 g/mol. The van der Waals surface area contributed by atoms with Crippen molar-refractivity contribution in [2.45, 2.75) is 20.3 Å². The second-order valence-corrected chi connectivity index (χ2v) is 5.06. The summed E-state index contributed by atoms with van der Waals surface area (Å²) in [6.45, 7) is 3.72. The highest BCUT2D eigenvalue weighted by molar-refractivity contribution is 8.13. The van der Waals surface area contributed by atoms with Crippen LogP contribution in [0.5, 0.6) is 0 Å². The highest BCUT2D eigenvalue weighted by Gasteiger charge is 1.94. The van der Waals surface area contributed by atoms with Crippen LogP contribution in [0.15, 0.2) is 16.8 Å². The summed E-state index contributed by atoms with van der Waals surface area (Å²) in [5, 5.41) is 4.48. The zero-order chi connectivity index (χ0) is 10.4. The van der Waals surface area contributed by atoms with Crippen molar-refractivity contribution in [1.29, 1.82) is 0 Å². The highest BCUT2D eigenvalue weighted by atomic mass is 32.2. The number of hydrogen-bond acceptors (Lipinski definition) is 3. The normalized spacial score (nSPS) is 11.0. The summed E-state index contributed by atoms with van der Waals surface area (Å²) >= 11 is 3.11. The fourth-order valence-corrected chi connectivity index (χ4v) is 2.38. The summed E-state index contributed by atoms with van der Waals surface area (Å²) in [5.74, 6) is 0.884. The SMILES string of the molecule is CC(=O)SCCC=Cc1cscc1C. The number of aryl methyl sites for hydroxylation is 1. The van der Waals surface area contributed by atoms with Gasteiger partial charge in [0.2, 0.25) is 0 Å². The molecule has 0 saturated heterocycles. The van der Waals surface area contributed by atoms with Crippen LogP contribution in [0.1, 0.15) is 24.5 Å². The van der Waals surface area contributed by atoms with Gasteiger partial charge < -0.3 is 0 Å². The second-order valence-electron chi connectivity index (χ2n) is 3.04. The zero-order valence-corrected chi connectivity index (χ0v) is 10.1. The molecule has 0 spiro atoms. The van der Waals surface area contributed by atoms with Crippen LogP contribution in [-0.4, -0.2) is 10.9 Å². The van der Waals surface area contributed by atoms with Crippen molar-refractivity contribution < 1.29 is 4.79 Å². The number of hydrogen-bond donors (Lipinski definition) is 0. The van der Waals surface area contributed by atoms with Gasteiger partial charge >= 0.3 is 0 Å². The van der Waals surface area contributed by atoms with Gasteiger partial charge in [-0.1, -0.05) is 23.9 Å². The van der Waals surface area contributed by atoms with Gasteiger partial charge in [0.1, 0.15) is 0 Å². The van der Waals surface area contributed by atoms with Gasteiger partial charge in [0.05, 0.1) is 0 Å². The summed E-state index contributed by atoms with van der Waals surface area (Å²) in [5.41, 5.74) is 2.62. The Morgan fingerprint density at radius 1 is 1.57 bits per heavy atom. The smallest absolute Gasteiger partial charge is 0.185 e. The molecule has 0 unspecified atom stereocenters. The van der Waals surface area contributed by atoms with E-state index >= 15 is 0 Å². The van der Waals surface area contributed by atoms with Crippen LogP contribution in [0.2, 0.25) is 0 Å². The minimum atomic E-state index is 0.199. The fourth-order valence-electron chi connectivity index (χ4n) is 1.02. The first-order valence-corrected chi connectivity index (χ1v) is 6.45. The first-order valence-electron chi connectivity index (χ1n) is 4.53. The fraction of sp³-hybridized carbons (Fsp3) is 0.364. The minimum absolute atomic E-state index is 0.199. The maximum absolute atomic E-state index is 10.6. The van der Waals surface area contributed by atoms with E-state index in [2.05, 4.69) is 29.8 Å². The maximum atomic E-state index is 10.6. The molecule has 1 nitrogen and oxygen atoms in total. The predicted molar refractivity (Wildman–Crippen MR) is 65.8 cm³/mol. The van der Waals surface area contributed by atoms with Crippen LogP contribution < -0.4 is 0 Å². The van der Waals surface area contributed by atoms with Crippen LogP contribution >= 0.6 is 23.1 Å². The van der Waals surface area contributed by atoms with Gasteiger partial charge in [-0.3, -0.25) is 4.79 Å². The van der Waals surface area contributed by atoms with Crippen LogP contribution in [0.3, 0.4) is 0 Å². The lowest BCUT2D eigenvalue weighted by molar-refractivity contribution is -0.109. The summed E-state index contributed by atoms with van der Waals surface area (Å²) in [4.78, 5) is 10.6. The van der Waals surface area contributed by atoms with Crippen molar-refractivity contribution in [3.63, 3.8) is 0 Å². The Bertz CT molecular complexity index is 326. The summed E-state index contributed by atoms with van der Waals surface area (Å²) in [6.07, 6.45) is 5.22. The van der Waals surface area contributed by atoms with E-state index in [9.17, 15) is 4.79 Å². The van der Waals surface area contributed by atoms with Crippen molar-refractivity contribution in [3.8, 4) is 0 Å². The number of thioether (sulfide) groups is 1. The number of allylic oxidation sites excluding steroid dienone is 1. The van der Waals surface area contributed by atoms with E-state index in [4.69, 9.17) is 0 Å². The molecule has 0 atom stereocenters. The van der Waals surface area contributed by atoms with Crippen molar-refractivity contribution in [2.24, 2.45) is 0 Å². The Hall–Kier alpha value is -0.540. The number of carbonyl (C=O) groups is 1. The van der Waals surface area contributed by atoms with Crippen LogP contribution in [0.25, 0.3) is 6.08 Å². The molecule has 0 aliphatic carbocycles. The van der Waals surface area contributed by atoms with E-state index < -0.39 is 0 Å². The minimum Gasteiger partial charge on any atom is -0.288 e. The molecule has 3 heteroatoms. The Morgan fingerprint density at radius 3 is 2.93 bits per heavy atom. The number of rotatable bonds is 4. The topological polar surface area (TPSA) is 17.1 Å². The molecule has 0 fully saturated rings. The lowest BCUT2D eigenvalue weighted by atomic mass is 10.2. The third-order valence-electron chi connectivity index (χ3n) is 1.78. The molecule has 1 aromatic rings. The lowest BCUT2D eigenvalue weighted by Crippen LogP contribution is -1.83. The average Bonchev–Trinajstić information content (AvgIpc) is 2.51. The molecule has 0 aromatic carbocycles. The average molecular weight is 226 g/mol. The third kappa shape index (κ3) is 4.11. The molecule has 0 aliphatic heterocycles. The first kappa shape index (κ1) is 11.5. The van der Waals surface area contributed by atoms with Gasteiger partial charge in [0.15, 0.2) is 5.12 Å². The molecular formula is C11H14OS2. The molecule has 14 heavy (non-hydrogen) atoms. The van der Waals surface area contributed by atoms with Gasteiger partial charge in [-0.25, -0.2) is 0 Å². The van der Waals surface area contributed by atoms with Crippen LogP contribution in [0, 0.1) is 6.92 Å². The van der Waals surface area contributed by atoms with Crippen LogP contribution in [-0.2, 0) is 4.79 Å². The molecule has 1 aromatic heterocycles. The second kappa shape index (κ2) is 6.04. The van der Waals surface area contributed by atoms with E-state index in [-0.39, 0.29) is 5.12 Å². The Labute approximate surface area is 93.2 Å². The summed E-state index contributed by atoms with van der Waals surface area (Å²) < 4.78 is 0. The Morgan fingerprint density at radius 2 is 2.36 bits per heavy atom. The van der Waals surface area contributed by atoms with E-state index in [1.807, 2.05) is 0 Å².